The number of benzene rings is 2. The Morgan fingerprint density at radius 3 is 2.72 bits per heavy atom. The van der Waals surface area contributed by atoms with Gasteiger partial charge in [-0.3, -0.25) is 0 Å². The Balaban J connectivity index is 1.96. The molecule has 1 nitrogen and oxygen atoms in total. The quantitative estimate of drug-likeness (QED) is 0.822. The van der Waals surface area contributed by atoms with Gasteiger partial charge in [-0.1, -0.05) is 49.4 Å². The molecule has 0 radical (unpaired) electrons. The Morgan fingerprint density at radius 2 is 1.94 bits per heavy atom. The third-order valence-electron chi connectivity index (χ3n) is 3.92. The molecule has 0 fully saturated rings. The summed E-state index contributed by atoms with van der Waals surface area (Å²) in [5.41, 5.74) is 7.07. The second-order valence-electron chi connectivity index (χ2n) is 5.06. The van der Waals surface area contributed by atoms with Gasteiger partial charge < -0.3 is 5.32 Å². The van der Waals surface area contributed by atoms with Crippen LogP contribution >= 0.6 is 0 Å². The summed E-state index contributed by atoms with van der Waals surface area (Å²) in [6, 6.07) is 15.8. The molecule has 0 saturated carbocycles. The second-order valence-corrected chi connectivity index (χ2v) is 5.06. The summed E-state index contributed by atoms with van der Waals surface area (Å²) in [6.07, 6.45) is 2.20. The molecule has 1 N–H and O–H groups in total. The first-order chi connectivity index (χ1) is 8.79. The van der Waals surface area contributed by atoms with Gasteiger partial charge in [-0.2, -0.15) is 0 Å². The van der Waals surface area contributed by atoms with Crippen molar-refractivity contribution in [2.75, 3.05) is 5.32 Å². The number of anilines is 1. The van der Waals surface area contributed by atoms with Crippen LogP contribution in [0.25, 0.3) is 0 Å². The Morgan fingerprint density at radius 1 is 1.11 bits per heavy atom. The standard InChI is InChI=1S/C17H19N/c1-3-13-8-6-9-14-11-16(18-17(13)14)15-10-5-4-7-12(15)2/h4-10,16,18H,3,11H2,1-2H3. The topological polar surface area (TPSA) is 12.0 Å². The maximum absolute atomic E-state index is 3.71. The minimum atomic E-state index is 0.439. The zero-order chi connectivity index (χ0) is 12.5. The first-order valence-corrected chi connectivity index (χ1v) is 6.72. The number of hydrogen-bond acceptors (Lipinski definition) is 1. The molecular weight excluding hydrogens is 218 g/mol. The zero-order valence-electron chi connectivity index (χ0n) is 11.0. The molecule has 1 aliphatic rings. The van der Waals surface area contributed by atoms with Gasteiger partial charge in [0.1, 0.15) is 0 Å². The highest BCUT2D eigenvalue weighted by atomic mass is 15.0. The predicted molar refractivity (Wildman–Crippen MR) is 77.1 cm³/mol. The fourth-order valence-corrected chi connectivity index (χ4v) is 2.91. The molecule has 3 rings (SSSR count). The van der Waals surface area contributed by atoms with E-state index in [9.17, 15) is 0 Å². The van der Waals surface area contributed by atoms with E-state index in [1.807, 2.05) is 0 Å². The van der Waals surface area contributed by atoms with Crippen LogP contribution in [0, 0.1) is 6.92 Å². The van der Waals surface area contributed by atoms with Crippen LogP contribution in [-0.2, 0) is 12.8 Å². The minimum Gasteiger partial charge on any atom is -0.377 e. The molecule has 0 aliphatic carbocycles. The lowest BCUT2D eigenvalue weighted by Gasteiger charge is -2.15. The maximum atomic E-state index is 3.71. The highest BCUT2D eigenvalue weighted by Crippen LogP contribution is 2.37. The molecule has 1 atom stereocenters. The van der Waals surface area contributed by atoms with Crippen LogP contribution in [0.3, 0.4) is 0 Å². The van der Waals surface area contributed by atoms with E-state index in [4.69, 9.17) is 0 Å². The first kappa shape index (κ1) is 11.3. The molecule has 2 aromatic rings. The average molecular weight is 237 g/mol. The van der Waals surface area contributed by atoms with Gasteiger partial charge in [0.25, 0.3) is 0 Å². The van der Waals surface area contributed by atoms with Crippen LogP contribution in [0.2, 0.25) is 0 Å². The molecule has 1 heterocycles. The first-order valence-electron chi connectivity index (χ1n) is 6.72. The van der Waals surface area contributed by atoms with Crippen molar-refractivity contribution < 1.29 is 0 Å². The second kappa shape index (κ2) is 4.49. The van der Waals surface area contributed by atoms with Gasteiger partial charge in [0.05, 0.1) is 6.04 Å². The van der Waals surface area contributed by atoms with Crippen LogP contribution in [0.15, 0.2) is 42.5 Å². The lowest BCUT2D eigenvalue weighted by atomic mass is 9.98. The lowest BCUT2D eigenvalue weighted by molar-refractivity contribution is 0.816. The van der Waals surface area contributed by atoms with Crippen molar-refractivity contribution in [3.05, 3.63) is 64.7 Å². The minimum absolute atomic E-state index is 0.439. The largest absolute Gasteiger partial charge is 0.377 e. The molecule has 1 heteroatoms. The predicted octanol–water partition coefficient (Wildman–Crippen LogP) is 4.27. The van der Waals surface area contributed by atoms with Crippen molar-refractivity contribution in [3.63, 3.8) is 0 Å². The average Bonchev–Trinajstić information content (AvgIpc) is 2.82. The van der Waals surface area contributed by atoms with Crippen LogP contribution in [0.1, 0.15) is 35.2 Å². The van der Waals surface area contributed by atoms with Gasteiger partial charge >= 0.3 is 0 Å². The van der Waals surface area contributed by atoms with E-state index in [2.05, 4.69) is 61.6 Å². The fourth-order valence-electron chi connectivity index (χ4n) is 2.91. The molecule has 0 spiro atoms. The Bertz CT molecular complexity index is 572. The molecule has 0 bridgehead atoms. The number of rotatable bonds is 2. The highest BCUT2D eigenvalue weighted by Gasteiger charge is 2.24. The summed E-state index contributed by atoms with van der Waals surface area (Å²) in [4.78, 5) is 0. The summed E-state index contributed by atoms with van der Waals surface area (Å²) >= 11 is 0. The van der Waals surface area contributed by atoms with Crippen molar-refractivity contribution in [1.82, 2.24) is 0 Å². The van der Waals surface area contributed by atoms with Crippen molar-refractivity contribution in [3.8, 4) is 0 Å². The smallest absolute Gasteiger partial charge is 0.0557 e. The summed E-state index contributed by atoms with van der Waals surface area (Å²) in [7, 11) is 0. The molecule has 92 valence electrons. The van der Waals surface area contributed by atoms with Crippen molar-refractivity contribution in [2.45, 2.75) is 32.7 Å². The normalized spacial score (nSPS) is 17.3. The molecule has 18 heavy (non-hydrogen) atoms. The number of aryl methyl sites for hydroxylation is 2. The Kier molecular flexibility index (Phi) is 2.83. The van der Waals surface area contributed by atoms with Crippen molar-refractivity contribution in [2.24, 2.45) is 0 Å². The molecular formula is C17H19N. The summed E-state index contributed by atoms with van der Waals surface area (Å²) in [6.45, 7) is 4.42. The SMILES string of the molecule is CCc1cccc2c1NC(c1ccccc1C)C2. The number of para-hydroxylation sites is 1. The summed E-state index contributed by atoms with van der Waals surface area (Å²) in [5, 5.41) is 3.71. The van der Waals surface area contributed by atoms with E-state index in [1.54, 1.807) is 0 Å². The van der Waals surface area contributed by atoms with Crippen molar-refractivity contribution >= 4 is 5.69 Å². The Hall–Kier alpha value is -1.76. The van der Waals surface area contributed by atoms with Crippen LogP contribution < -0.4 is 5.32 Å². The van der Waals surface area contributed by atoms with Gasteiger partial charge in [0, 0.05) is 5.69 Å². The van der Waals surface area contributed by atoms with Crippen LogP contribution in [0.5, 0.6) is 0 Å². The van der Waals surface area contributed by atoms with E-state index in [1.165, 1.54) is 27.9 Å². The van der Waals surface area contributed by atoms with E-state index in [-0.39, 0.29) is 0 Å². The van der Waals surface area contributed by atoms with Crippen molar-refractivity contribution in [1.29, 1.82) is 0 Å². The van der Waals surface area contributed by atoms with E-state index in [0.717, 1.165) is 12.8 Å². The van der Waals surface area contributed by atoms with E-state index < -0.39 is 0 Å². The molecule has 1 unspecified atom stereocenters. The van der Waals surface area contributed by atoms with Gasteiger partial charge in [-0.15, -0.1) is 0 Å². The van der Waals surface area contributed by atoms with Crippen LogP contribution in [0.4, 0.5) is 5.69 Å². The number of hydrogen-bond donors (Lipinski definition) is 1. The summed E-state index contributed by atoms with van der Waals surface area (Å²) < 4.78 is 0. The van der Waals surface area contributed by atoms with Gasteiger partial charge in [-0.25, -0.2) is 0 Å². The zero-order valence-corrected chi connectivity index (χ0v) is 11.0. The molecule has 0 aromatic heterocycles. The Labute approximate surface area is 109 Å². The van der Waals surface area contributed by atoms with Gasteiger partial charge in [0.2, 0.25) is 0 Å². The third-order valence-corrected chi connectivity index (χ3v) is 3.92. The highest BCUT2D eigenvalue weighted by molar-refractivity contribution is 5.63. The monoisotopic (exact) mass is 237 g/mol. The third kappa shape index (κ3) is 1.80. The van der Waals surface area contributed by atoms with E-state index in [0.29, 0.717) is 6.04 Å². The maximum Gasteiger partial charge on any atom is 0.0557 e. The molecule has 0 saturated heterocycles. The fraction of sp³-hybridized carbons (Fsp3) is 0.294. The summed E-state index contributed by atoms with van der Waals surface area (Å²) in [5.74, 6) is 0. The van der Waals surface area contributed by atoms with Gasteiger partial charge in [-0.05, 0) is 42.0 Å². The van der Waals surface area contributed by atoms with E-state index >= 15 is 0 Å². The molecule has 0 amide bonds. The number of nitrogens with one attached hydrogen (secondary N) is 1. The van der Waals surface area contributed by atoms with Crippen LogP contribution in [-0.4, -0.2) is 0 Å². The number of fused-ring (bicyclic) bond motifs is 1. The van der Waals surface area contributed by atoms with Gasteiger partial charge in [0.15, 0.2) is 0 Å². The lowest BCUT2D eigenvalue weighted by Crippen LogP contribution is -2.07. The molecule has 1 aliphatic heterocycles. The molecule has 2 aromatic carbocycles.